The zero-order chi connectivity index (χ0) is 23.0. The lowest BCUT2D eigenvalue weighted by Crippen LogP contribution is -2.29. The molecule has 0 spiro atoms. The summed E-state index contributed by atoms with van der Waals surface area (Å²) in [7, 11) is 1.70. The Morgan fingerprint density at radius 1 is 1.25 bits per heavy atom. The fraction of sp³-hybridized carbons (Fsp3) is 0.423. The SMILES string of the molecule is CC#CC(=O)N(c1ccc2c(cnn2CC(C)(C)OC)n1)c1cc(C)c(C)cc1C1CC1. The summed E-state index contributed by atoms with van der Waals surface area (Å²) in [4.78, 5) is 19.7. The van der Waals surface area contributed by atoms with Gasteiger partial charge in [0.05, 0.1) is 29.5 Å². The van der Waals surface area contributed by atoms with Crippen LogP contribution in [-0.4, -0.2) is 33.4 Å². The van der Waals surface area contributed by atoms with Gasteiger partial charge in [-0.2, -0.15) is 5.10 Å². The molecule has 0 bridgehead atoms. The van der Waals surface area contributed by atoms with Gasteiger partial charge in [0.25, 0.3) is 0 Å². The van der Waals surface area contributed by atoms with E-state index < -0.39 is 0 Å². The van der Waals surface area contributed by atoms with E-state index in [0.29, 0.717) is 18.3 Å². The molecule has 0 unspecified atom stereocenters. The number of benzene rings is 1. The van der Waals surface area contributed by atoms with Gasteiger partial charge in [-0.15, -0.1) is 0 Å². The van der Waals surface area contributed by atoms with Gasteiger partial charge in [0.15, 0.2) is 0 Å². The zero-order valence-electron chi connectivity index (χ0n) is 19.7. The highest BCUT2D eigenvalue weighted by Crippen LogP contribution is 2.46. The molecule has 2 aromatic heterocycles. The van der Waals surface area contributed by atoms with Gasteiger partial charge in [-0.1, -0.05) is 12.0 Å². The van der Waals surface area contributed by atoms with Gasteiger partial charge >= 0.3 is 5.91 Å². The molecule has 1 aliphatic carbocycles. The Morgan fingerprint density at radius 3 is 2.62 bits per heavy atom. The van der Waals surface area contributed by atoms with E-state index in [9.17, 15) is 4.79 Å². The molecule has 3 aromatic rings. The number of fused-ring (bicyclic) bond motifs is 1. The summed E-state index contributed by atoms with van der Waals surface area (Å²) in [6.45, 7) is 10.5. The van der Waals surface area contributed by atoms with Crippen LogP contribution in [0.4, 0.5) is 11.5 Å². The summed E-state index contributed by atoms with van der Waals surface area (Å²) in [5.74, 6) is 6.23. The van der Waals surface area contributed by atoms with E-state index in [2.05, 4.69) is 42.9 Å². The van der Waals surface area contributed by atoms with Crippen molar-refractivity contribution in [3.63, 3.8) is 0 Å². The molecule has 1 aromatic carbocycles. The van der Waals surface area contributed by atoms with Gasteiger partial charge in [0, 0.05) is 7.11 Å². The zero-order valence-corrected chi connectivity index (χ0v) is 19.7. The molecule has 0 N–H and O–H groups in total. The molecule has 0 radical (unpaired) electrons. The highest BCUT2D eigenvalue weighted by molar-refractivity contribution is 6.11. The Balaban J connectivity index is 1.82. The van der Waals surface area contributed by atoms with E-state index >= 15 is 0 Å². The Hall–Kier alpha value is -3.17. The summed E-state index contributed by atoms with van der Waals surface area (Å²) in [5.41, 5.74) is 5.72. The average molecular weight is 431 g/mol. The second kappa shape index (κ2) is 8.40. The monoisotopic (exact) mass is 430 g/mol. The molecule has 1 fully saturated rings. The molecule has 0 atom stereocenters. The van der Waals surface area contributed by atoms with Crippen molar-refractivity contribution in [1.82, 2.24) is 14.8 Å². The minimum absolute atomic E-state index is 0.280. The number of hydrogen-bond donors (Lipinski definition) is 0. The van der Waals surface area contributed by atoms with Crippen molar-refractivity contribution in [2.45, 2.75) is 65.5 Å². The lowest BCUT2D eigenvalue weighted by atomic mass is 9.99. The lowest BCUT2D eigenvalue weighted by Gasteiger charge is -2.24. The molecule has 1 amide bonds. The largest absolute Gasteiger partial charge is 0.377 e. The van der Waals surface area contributed by atoms with Crippen LogP contribution in [0.5, 0.6) is 0 Å². The first-order chi connectivity index (χ1) is 15.2. The number of aryl methyl sites for hydroxylation is 2. The highest BCUT2D eigenvalue weighted by atomic mass is 16.5. The van der Waals surface area contributed by atoms with E-state index in [0.717, 1.165) is 35.1 Å². The second-order valence-electron chi connectivity index (χ2n) is 9.12. The third-order valence-corrected chi connectivity index (χ3v) is 6.13. The van der Waals surface area contributed by atoms with Crippen LogP contribution in [0.2, 0.25) is 0 Å². The number of amides is 1. The Bertz CT molecular complexity index is 1240. The smallest absolute Gasteiger partial charge is 0.308 e. The van der Waals surface area contributed by atoms with Crippen LogP contribution in [0.25, 0.3) is 11.0 Å². The molecule has 1 saturated carbocycles. The number of carbonyl (C=O) groups excluding carboxylic acids is 1. The summed E-state index contributed by atoms with van der Waals surface area (Å²) < 4.78 is 7.44. The molecule has 166 valence electrons. The molecule has 6 heteroatoms. The topological polar surface area (TPSA) is 60.2 Å². The van der Waals surface area contributed by atoms with Crippen molar-refractivity contribution >= 4 is 28.4 Å². The van der Waals surface area contributed by atoms with Crippen LogP contribution in [0.3, 0.4) is 0 Å². The quantitative estimate of drug-likeness (QED) is 0.514. The number of aromatic nitrogens is 3. The minimum Gasteiger partial charge on any atom is -0.377 e. The third-order valence-electron chi connectivity index (χ3n) is 6.13. The van der Waals surface area contributed by atoms with E-state index in [4.69, 9.17) is 9.72 Å². The van der Waals surface area contributed by atoms with E-state index in [1.165, 1.54) is 11.1 Å². The number of methoxy groups -OCH3 is 1. The standard InChI is InChI=1S/C26H30N4O2/c1-7-8-25(31)30(23-14-18(3)17(2)13-20(23)19-9-10-19)24-12-11-22-21(28-24)15-27-29(22)16-26(4,5)32-6/h11-15,19H,9-10,16H2,1-6H3. The molecule has 0 saturated heterocycles. The van der Waals surface area contributed by atoms with Crippen LogP contribution in [0, 0.1) is 25.7 Å². The van der Waals surface area contributed by atoms with Crippen LogP contribution in [-0.2, 0) is 16.1 Å². The lowest BCUT2D eigenvalue weighted by molar-refractivity contribution is -0.112. The van der Waals surface area contributed by atoms with Gasteiger partial charge in [0.2, 0.25) is 0 Å². The summed E-state index contributed by atoms with van der Waals surface area (Å²) in [6, 6.07) is 8.15. The summed E-state index contributed by atoms with van der Waals surface area (Å²) in [5, 5.41) is 4.51. The third kappa shape index (κ3) is 4.26. The Morgan fingerprint density at radius 2 is 1.97 bits per heavy atom. The molecule has 6 nitrogen and oxygen atoms in total. The number of pyridine rings is 1. The fourth-order valence-corrected chi connectivity index (χ4v) is 3.87. The number of anilines is 2. The predicted octanol–water partition coefficient (Wildman–Crippen LogP) is 5.04. The van der Waals surface area contributed by atoms with E-state index in [-0.39, 0.29) is 11.5 Å². The molecule has 4 rings (SSSR count). The molecule has 1 aliphatic rings. The normalized spacial score (nSPS) is 13.7. The second-order valence-corrected chi connectivity index (χ2v) is 9.12. The van der Waals surface area contributed by atoms with Crippen molar-refractivity contribution in [2.75, 3.05) is 12.0 Å². The van der Waals surface area contributed by atoms with E-state index in [1.807, 2.05) is 30.7 Å². The van der Waals surface area contributed by atoms with Crippen molar-refractivity contribution in [1.29, 1.82) is 0 Å². The first kappa shape index (κ1) is 22.0. The van der Waals surface area contributed by atoms with Gasteiger partial charge in [0.1, 0.15) is 11.3 Å². The molecular formula is C26H30N4O2. The molecule has 0 aliphatic heterocycles. The Labute approximate surface area is 189 Å². The van der Waals surface area contributed by atoms with Crippen molar-refractivity contribution in [2.24, 2.45) is 0 Å². The van der Waals surface area contributed by atoms with Crippen LogP contribution in [0.15, 0.2) is 30.5 Å². The van der Waals surface area contributed by atoms with Gasteiger partial charge in [-0.3, -0.25) is 14.4 Å². The van der Waals surface area contributed by atoms with Crippen LogP contribution in [0.1, 0.15) is 56.2 Å². The maximum absolute atomic E-state index is 13.2. The number of rotatable bonds is 6. The first-order valence-corrected chi connectivity index (χ1v) is 11.0. The van der Waals surface area contributed by atoms with Crippen molar-refractivity contribution < 1.29 is 9.53 Å². The highest BCUT2D eigenvalue weighted by Gasteiger charge is 2.31. The van der Waals surface area contributed by atoms with Gasteiger partial charge < -0.3 is 4.74 Å². The maximum Gasteiger partial charge on any atom is 0.308 e. The van der Waals surface area contributed by atoms with Crippen molar-refractivity contribution in [3.8, 4) is 11.8 Å². The van der Waals surface area contributed by atoms with E-state index in [1.54, 1.807) is 25.1 Å². The number of hydrogen-bond acceptors (Lipinski definition) is 4. The van der Waals surface area contributed by atoms with Crippen LogP contribution >= 0.6 is 0 Å². The minimum atomic E-state index is -0.352. The first-order valence-electron chi connectivity index (χ1n) is 11.0. The maximum atomic E-state index is 13.2. The fourth-order valence-electron chi connectivity index (χ4n) is 3.87. The number of ether oxygens (including phenoxy) is 1. The van der Waals surface area contributed by atoms with Gasteiger partial charge in [-0.05, 0) is 94.2 Å². The van der Waals surface area contributed by atoms with Gasteiger partial charge in [-0.25, -0.2) is 4.98 Å². The van der Waals surface area contributed by atoms with Crippen molar-refractivity contribution in [3.05, 3.63) is 47.2 Å². The number of nitrogens with zero attached hydrogens (tertiary/aromatic N) is 4. The molecule has 32 heavy (non-hydrogen) atoms. The molecular weight excluding hydrogens is 400 g/mol. The average Bonchev–Trinajstić information content (AvgIpc) is 3.53. The Kier molecular flexibility index (Phi) is 5.79. The molecule has 2 heterocycles. The summed E-state index contributed by atoms with van der Waals surface area (Å²) in [6.07, 6.45) is 4.03. The van der Waals surface area contributed by atoms with Crippen LogP contribution < -0.4 is 4.90 Å². The number of carbonyl (C=O) groups is 1. The summed E-state index contributed by atoms with van der Waals surface area (Å²) >= 11 is 0. The predicted molar refractivity (Wildman–Crippen MR) is 127 cm³/mol.